The van der Waals surface area contributed by atoms with E-state index < -0.39 is 85.7 Å². The van der Waals surface area contributed by atoms with Gasteiger partial charge in [-0.3, -0.25) is 4.79 Å². The van der Waals surface area contributed by atoms with Crippen molar-refractivity contribution < 1.29 is 54.4 Å². The molecule has 226 valence electrons. The molecule has 3 fully saturated rings. The quantitative estimate of drug-likeness (QED) is 0.190. The third-order valence-corrected chi connectivity index (χ3v) is 8.37. The summed E-state index contributed by atoms with van der Waals surface area (Å²) in [6.07, 6.45) is -9.54. The third kappa shape index (κ3) is 7.19. The van der Waals surface area contributed by atoms with Crippen molar-refractivity contribution in [3.63, 3.8) is 0 Å². The van der Waals surface area contributed by atoms with E-state index in [4.69, 9.17) is 18.9 Å². The van der Waals surface area contributed by atoms with Crippen LogP contribution in [-0.2, 0) is 30.3 Å². The van der Waals surface area contributed by atoms with Crippen LogP contribution >= 0.6 is 0 Å². The van der Waals surface area contributed by atoms with Gasteiger partial charge in [-0.05, 0) is 31.7 Å². The number of nitrogens with one attached hydrogen (secondary N) is 1. The number of carbonyl (C=O) groups excluding carboxylic acids is 1. The zero-order chi connectivity index (χ0) is 29.0. The van der Waals surface area contributed by atoms with E-state index in [-0.39, 0.29) is 32.0 Å². The maximum absolute atomic E-state index is 12.2. The lowest BCUT2D eigenvalue weighted by Crippen LogP contribution is -2.63. The molecule has 4 rings (SSSR count). The molecule has 40 heavy (non-hydrogen) atoms. The fourth-order valence-corrected chi connectivity index (χ4v) is 6.11. The van der Waals surface area contributed by atoms with Crippen molar-refractivity contribution in [3.05, 3.63) is 35.9 Å². The minimum absolute atomic E-state index is 0.128. The molecule has 13 atom stereocenters. The second-order valence-corrected chi connectivity index (χ2v) is 11.2. The van der Waals surface area contributed by atoms with E-state index in [9.17, 15) is 35.4 Å². The number of carbonyl (C=O) groups is 1. The molecule has 12 nitrogen and oxygen atoms in total. The number of amides is 1. The van der Waals surface area contributed by atoms with E-state index in [1.165, 1.54) is 6.92 Å². The number of hydrogen-bond acceptors (Lipinski definition) is 11. The standard InChI is InChI=1S/C28H43NO11/c1-14-24(33)27(36)26(35)21(39-14)10-17-19(32)8-9-37-20(17)11-18-23(29-15(2)31)28(40-22(12-30)25(18)34)38-13-16-6-4-3-5-7-16/h3-7,14,17-28,30,32-36H,8-13H2,1-2H3,(H,29,31)/t14-,17-,18+,19-,20+,21-,22+,23+,24+,25-,26+,27+,28-/m0/s1. The lowest BCUT2D eigenvalue weighted by Gasteiger charge is -2.48. The molecule has 3 heterocycles. The van der Waals surface area contributed by atoms with Crippen LogP contribution in [0.5, 0.6) is 0 Å². The summed E-state index contributed by atoms with van der Waals surface area (Å²) >= 11 is 0. The Morgan fingerprint density at radius 2 is 1.62 bits per heavy atom. The highest BCUT2D eigenvalue weighted by atomic mass is 16.7. The first-order valence-electron chi connectivity index (χ1n) is 14.0. The first kappa shape index (κ1) is 31.2. The van der Waals surface area contributed by atoms with E-state index in [2.05, 4.69) is 5.32 Å². The lowest BCUT2D eigenvalue weighted by molar-refractivity contribution is -0.268. The summed E-state index contributed by atoms with van der Waals surface area (Å²) in [5.41, 5.74) is 0.877. The van der Waals surface area contributed by atoms with Gasteiger partial charge in [0.25, 0.3) is 0 Å². The molecule has 1 amide bonds. The number of ether oxygens (including phenoxy) is 4. The average molecular weight is 570 g/mol. The molecule has 1 aromatic rings. The Labute approximate surface area is 233 Å². The molecule has 7 N–H and O–H groups in total. The summed E-state index contributed by atoms with van der Waals surface area (Å²) in [4.78, 5) is 12.2. The van der Waals surface area contributed by atoms with Crippen LogP contribution in [0.1, 0.15) is 38.7 Å². The number of aliphatic hydroxyl groups excluding tert-OH is 6. The molecule has 0 bridgehead atoms. The van der Waals surface area contributed by atoms with Gasteiger partial charge < -0.3 is 54.9 Å². The highest BCUT2D eigenvalue weighted by Gasteiger charge is 2.50. The minimum Gasteiger partial charge on any atom is -0.394 e. The van der Waals surface area contributed by atoms with Gasteiger partial charge in [-0.25, -0.2) is 0 Å². The van der Waals surface area contributed by atoms with Crippen LogP contribution < -0.4 is 5.32 Å². The SMILES string of the molecule is CC(=O)N[C@H]1[C@@H](OCc2ccccc2)O[C@H](CO)[C@@H](O)[C@@H]1C[C@H]1OCC[C@H](O)[C@@H]1C[C@@H]1O[C@@H](C)[C@@H](O)[C@@H](O)[C@@H]1O. The Kier molecular flexibility index (Phi) is 10.9. The van der Waals surface area contributed by atoms with Crippen molar-refractivity contribution in [2.24, 2.45) is 11.8 Å². The summed E-state index contributed by atoms with van der Waals surface area (Å²) < 4.78 is 23.8. The van der Waals surface area contributed by atoms with Gasteiger partial charge >= 0.3 is 0 Å². The van der Waals surface area contributed by atoms with Gasteiger partial charge in [-0.15, -0.1) is 0 Å². The monoisotopic (exact) mass is 569 g/mol. The maximum Gasteiger partial charge on any atom is 0.217 e. The highest BCUT2D eigenvalue weighted by molar-refractivity contribution is 5.73. The van der Waals surface area contributed by atoms with Gasteiger partial charge in [-0.2, -0.15) is 0 Å². The second-order valence-electron chi connectivity index (χ2n) is 11.2. The first-order valence-corrected chi connectivity index (χ1v) is 14.0. The van der Waals surface area contributed by atoms with Crippen LogP contribution in [0, 0.1) is 11.8 Å². The Hall–Kier alpha value is -1.71. The van der Waals surface area contributed by atoms with Crippen LogP contribution in [0.2, 0.25) is 0 Å². The highest BCUT2D eigenvalue weighted by Crippen LogP contribution is 2.38. The predicted molar refractivity (Wildman–Crippen MR) is 140 cm³/mol. The zero-order valence-corrected chi connectivity index (χ0v) is 22.9. The fourth-order valence-electron chi connectivity index (χ4n) is 6.11. The van der Waals surface area contributed by atoms with Gasteiger partial charge in [0, 0.05) is 25.4 Å². The molecule has 0 aromatic heterocycles. The Morgan fingerprint density at radius 3 is 2.30 bits per heavy atom. The molecule has 0 radical (unpaired) electrons. The van der Waals surface area contributed by atoms with Crippen molar-refractivity contribution in [1.29, 1.82) is 0 Å². The van der Waals surface area contributed by atoms with Crippen molar-refractivity contribution in [2.75, 3.05) is 13.2 Å². The normalized spacial score (nSPS) is 42.4. The van der Waals surface area contributed by atoms with Crippen LogP contribution in [0.25, 0.3) is 0 Å². The molecular formula is C28H43NO11. The smallest absolute Gasteiger partial charge is 0.217 e. The summed E-state index contributed by atoms with van der Waals surface area (Å²) in [6, 6.07) is 8.59. The molecule has 0 unspecified atom stereocenters. The van der Waals surface area contributed by atoms with Gasteiger partial charge in [-0.1, -0.05) is 30.3 Å². The van der Waals surface area contributed by atoms with Crippen molar-refractivity contribution in [3.8, 4) is 0 Å². The molecule has 3 aliphatic rings. The van der Waals surface area contributed by atoms with Gasteiger partial charge in [0.1, 0.15) is 24.4 Å². The van der Waals surface area contributed by atoms with Crippen LogP contribution in [0.3, 0.4) is 0 Å². The van der Waals surface area contributed by atoms with E-state index in [0.717, 1.165) is 5.56 Å². The van der Waals surface area contributed by atoms with E-state index in [1.807, 2.05) is 30.3 Å². The van der Waals surface area contributed by atoms with E-state index in [0.29, 0.717) is 6.42 Å². The fraction of sp³-hybridized carbons (Fsp3) is 0.750. The van der Waals surface area contributed by atoms with Crippen LogP contribution in [-0.4, -0.2) is 117 Å². The summed E-state index contributed by atoms with van der Waals surface area (Å²) in [6.45, 7) is 2.90. The summed E-state index contributed by atoms with van der Waals surface area (Å²) in [5, 5.41) is 65.9. The summed E-state index contributed by atoms with van der Waals surface area (Å²) in [5.74, 6) is -1.59. The molecule has 3 aliphatic heterocycles. The molecule has 0 saturated carbocycles. The maximum atomic E-state index is 12.2. The van der Waals surface area contributed by atoms with Gasteiger partial charge in [0.05, 0.1) is 49.8 Å². The molecule has 0 spiro atoms. The zero-order valence-electron chi connectivity index (χ0n) is 22.9. The number of hydrogen-bond donors (Lipinski definition) is 7. The minimum atomic E-state index is -1.40. The molecule has 3 saturated heterocycles. The Morgan fingerprint density at radius 1 is 0.925 bits per heavy atom. The lowest BCUT2D eigenvalue weighted by atomic mass is 9.76. The second kappa shape index (κ2) is 14.0. The van der Waals surface area contributed by atoms with Gasteiger partial charge in [0.15, 0.2) is 6.29 Å². The first-order chi connectivity index (χ1) is 19.1. The topological polar surface area (TPSA) is 187 Å². The molecule has 0 aliphatic carbocycles. The summed E-state index contributed by atoms with van der Waals surface area (Å²) in [7, 11) is 0. The molecular weight excluding hydrogens is 526 g/mol. The third-order valence-electron chi connectivity index (χ3n) is 8.37. The largest absolute Gasteiger partial charge is 0.394 e. The average Bonchev–Trinajstić information content (AvgIpc) is 2.93. The van der Waals surface area contributed by atoms with E-state index in [1.54, 1.807) is 6.92 Å². The molecule has 12 heteroatoms. The Balaban J connectivity index is 1.54. The van der Waals surface area contributed by atoms with Crippen LogP contribution in [0.4, 0.5) is 0 Å². The van der Waals surface area contributed by atoms with Crippen molar-refractivity contribution in [1.82, 2.24) is 5.32 Å². The number of rotatable bonds is 9. The predicted octanol–water partition coefficient (Wildman–Crippen LogP) is -1.18. The molecule has 1 aromatic carbocycles. The number of benzene rings is 1. The number of aliphatic hydroxyl groups is 6. The van der Waals surface area contributed by atoms with Crippen molar-refractivity contribution >= 4 is 5.91 Å². The van der Waals surface area contributed by atoms with Crippen LogP contribution in [0.15, 0.2) is 30.3 Å². The Bertz CT molecular complexity index is 938. The van der Waals surface area contributed by atoms with Crippen molar-refractivity contribution in [2.45, 2.75) is 107 Å². The van der Waals surface area contributed by atoms with Gasteiger partial charge in [0.2, 0.25) is 5.91 Å². The van der Waals surface area contributed by atoms with E-state index >= 15 is 0 Å².